The minimum atomic E-state index is -0.696. The van der Waals surface area contributed by atoms with Crippen molar-refractivity contribution in [3.05, 3.63) is 35.4 Å². The van der Waals surface area contributed by atoms with Gasteiger partial charge < -0.3 is 10.2 Å². The third kappa shape index (κ3) is 5.59. The predicted molar refractivity (Wildman–Crippen MR) is 123 cm³/mol. The number of aliphatic hydroxyl groups excluding tert-OH is 1. The molecule has 0 aliphatic heterocycles. The Kier molecular flexibility index (Phi) is 8.65. The van der Waals surface area contributed by atoms with Gasteiger partial charge in [0.25, 0.3) is 0 Å². The molecule has 0 saturated heterocycles. The molecule has 0 heterocycles. The van der Waals surface area contributed by atoms with Crippen LogP contribution >= 0.6 is 11.6 Å². The van der Waals surface area contributed by atoms with Crippen molar-refractivity contribution in [1.82, 2.24) is 0 Å². The lowest BCUT2D eigenvalue weighted by molar-refractivity contribution is -0.137. The van der Waals surface area contributed by atoms with E-state index in [1.165, 1.54) is 12.0 Å². The summed E-state index contributed by atoms with van der Waals surface area (Å²) in [6, 6.07) is 8.77. The topological polar surface area (TPSA) is 57.5 Å². The number of aliphatic hydroxyl groups is 1. The summed E-state index contributed by atoms with van der Waals surface area (Å²) in [6.45, 7) is 2.21. The highest BCUT2D eigenvalue weighted by molar-refractivity contribution is 6.21. The molecule has 2 aliphatic rings. The number of carboxylic acid groups (broad SMARTS) is 1. The van der Waals surface area contributed by atoms with Crippen LogP contribution in [0.5, 0.6) is 0 Å². The van der Waals surface area contributed by atoms with E-state index in [2.05, 4.69) is 31.2 Å². The van der Waals surface area contributed by atoms with Crippen molar-refractivity contribution in [3.8, 4) is 0 Å². The SMILES string of the molecule is CCCC1(C(O)c2ccc(C3CCC(Cl)C3CCCCCCC(=O)O)cc2)CCC1. The number of carbonyl (C=O) groups is 1. The lowest BCUT2D eigenvalue weighted by atomic mass is 9.61. The molecule has 2 N–H and O–H groups in total. The molecule has 2 aliphatic carbocycles. The second-order valence-corrected chi connectivity index (χ2v) is 10.3. The van der Waals surface area contributed by atoms with Gasteiger partial charge in [-0.1, -0.05) is 63.3 Å². The second kappa shape index (κ2) is 11.0. The van der Waals surface area contributed by atoms with E-state index in [9.17, 15) is 9.90 Å². The smallest absolute Gasteiger partial charge is 0.303 e. The van der Waals surface area contributed by atoms with E-state index in [0.717, 1.165) is 76.2 Å². The van der Waals surface area contributed by atoms with Gasteiger partial charge in [0.15, 0.2) is 0 Å². The Labute approximate surface area is 187 Å². The van der Waals surface area contributed by atoms with Gasteiger partial charge in [-0.05, 0) is 67.9 Å². The summed E-state index contributed by atoms with van der Waals surface area (Å²) in [5.74, 6) is 0.309. The Morgan fingerprint density at radius 2 is 1.83 bits per heavy atom. The molecular formula is C26H39ClO3. The lowest BCUT2D eigenvalue weighted by Crippen LogP contribution is -2.36. The van der Waals surface area contributed by atoms with E-state index in [1.54, 1.807) is 0 Å². The number of carboxylic acids is 1. The van der Waals surface area contributed by atoms with Crippen LogP contribution in [0.15, 0.2) is 24.3 Å². The summed E-state index contributed by atoms with van der Waals surface area (Å²) in [5.41, 5.74) is 2.54. The maximum absolute atomic E-state index is 11.0. The van der Waals surface area contributed by atoms with Gasteiger partial charge in [-0.2, -0.15) is 0 Å². The number of hydrogen-bond acceptors (Lipinski definition) is 2. The fraction of sp³-hybridized carbons (Fsp3) is 0.731. The van der Waals surface area contributed by atoms with Crippen molar-refractivity contribution >= 4 is 17.6 Å². The van der Waals surface area contributed by atoms with Crippen molar-refractivity contribution < 1.29 is 15.0 Å². The first-order valence-corrected chi connectivity index (χ1v) is 12.5. The largest absolute Gasteiger partial charge is 0.481 e. The van der Waals surface area contributed by atoms with Crippen molar-refractivity contribution in [3.63, 3.8) is 0 Å². The van der Waals surface area contributed by atoms with E-state index >= 15 is 0 Å². The number of halogens is 1. The zero-order valence-electron chi connectivity index (χ0n) is 18.5. The first kappa shape index (κ1) is 23.6. The van der Waals surface area contributed by atoms with E-state index < -0.39 is 5.97 Å². The molecule has 30 heavy (non-hydrogen) atoms. The molecule has 2 fully saturated rings. The molecular weight excluding hydrogens is 396 g/mol. The highest BCUT2D eigenvalue weighted by Gasteiger charge is 2.43. The molecule has 0 spiro atoms. The molecule has 4 unspecified atom stereocenters. The summed E-state index contributed by atoms with van der Waals surface area (Å²) in [7, 11) is 0. The molecule has 4 heteroatoms. The quantitative estimate of drug-likeness (QED) is 0.269. The Bertz CT molecular complexity index is 667. The number of aliphatic carboxylic acids is 1. The number of unbranched alkanes of at least 4 members (excludes halogenated alkanes) is 3. The second-order valence-electron chi connectivity index (χ2n) is 9.75. The minimum Gasteiger partial charge on any atom is -0.481 e. The average Bonchev–Trinajstić information content (AvgIpc) is 3.07. The van der Waals surface area contributed by atoms with Crippen LogP contribution in [0.4, 0.5) is 0 Å². The molecule has 4 atom stereocenters. The number of hydrogen-bond donors (Lipinski definition) is 2. The monoisotopic (exact) mass is 434 g/mol. The first-order chi connectivity index (χ1) is 14.5. The summed E-state index contributed by atoms with van der Waals surface area (Å²) >= 11 is 6.69. The van der Waals surface area contributed by atoms with Gasteiger partial charge in [0.2, 0.25) is 0 Å². The molecule has 168 valence electrons. The number of alkyl halides is 1. The molecule has 1 aromatic carbocycles. The van der Waals surface area contributed by atoms with Crippen LogP contribution in [-0.2, 0) is 4.79 Å². The lowest BCUT2D eigenvalue weighted by Gasteiger charge is -2.46. The molecule has 0 amide bonds. The van der Waals surface area contributed by atoms with Crippen LogP contribution in [0.25, 0.3) is 0 Å². The Morgan fingerprint density at radius 1 is 1.13 bits per heavy atom. The van der Waals surface area contributed by atoms with Crippen molar-refractivity contribution in [2.45, 2.75) is 108 Å². The van der Waals surface area contributed by atoms with E-state index in [0.29, 0.717) is 11.8 Å². The van der Waals surface area contributed by atoms with Gasteiger partial charge in [0, 0.05) is 17.2 Å². The molecule has 3 rings (SSSR count). The molecule has 0 bridgehead atoms. The Morgan fingerprint density at radius 3 is 2.43 bits per heavy atom. The highest BCUT2D eigenvalue weighted by Crippen LogP contribution is 2.53. The summed E-state index contributed by atoms with van der Waals surface area (Å²) in [6.07, 6.45) is 13.0. The molecule has 1 aromatic rings. The van der Waals surface area contributed by atoms with Gasteiger partial charge in [0.05, 0.1) is 6.10 Å². The fourth-order valence-electron chi connectivity index (χ4n) is 5.89. The maximum Gasteiger partial charge on any atom is 0.303 e. The maximum atomic E-state index is 11.0. The van der Waals surface area contributed by atoms with Crippen LogP contribution in [0, 0.1) is 11.3 Å². The average molecular weight is 435 g/mol. The van der Waals surface area contributed by atoms with Gasteiger partial charge in [0.1, 0.15) is 0 Å². The van der Waals surface area contributed by atoms with Gasteiger partial charge in [-0.25, -0.2) is 0 Å². The zero-order valence-corrected chi connectivity index (χ0v) is 19.2. The van der Waals surface area contributed by atoms with Crippen LogP contribution in [0.3, 0.4) is 0 Å². The van der Waals surface area contributed by atoms with Crippen LogP contribution in [-0.4, -0.2) is 21.6 Å². The normalized spacial score (nSPS) is 26.3. The molecule has 0 aromatic heterocycles. The van der Waals surface area contributed by atoms with Crippen molar-refractivity contribution in [2.24, 2.45) is 11.3 Å². The summed E-state index contributed by atoms with van der Waals surface area (Å²) in [4.78, 5) is 10.6. The van der Waals surface area contributed by atoms with Crippen LogP contribution < -0.4 is 0 Å². The Balaban J connectivity index is 1.55. The summed E-state index contributed by atoms with van der Waals surface area (Å²) < 4.78 is 0. The molecule has 2 saturated carbocycles. The molecule has 3 nitrogen and oxygen atoms in total. The fourth-order valence-corrected chi connectivity index (χ4v) is 6.32. The standard InChI is InChI=1S/C26H39ClO3/c1-2-16-26(17-7-18-26)25(30)20-12-10-19(11-13-20)21-14-15-23(27)22(21)8-5-3-4-6-9-24(28)29/h10-13,21-23,25,30H,2-9,14-18H2,1H3,(H,28,29). The molecule has 0 radical (unpaired) electrons. The summed E-state index contributed by atoms with van der Waals surface area (Å²) in [5, 5.41) is 20.0. The van der Waals surface area contributed by atoms with Crippen molar-refractivity contribution in [2.75, 3.05) is 0 Å². The van der Waals surface area contributed by atoms with Crippen molar-refractivity contribution in [1.29, 1.82) is 0 Å². The Hall–Kier alpha value is -1.06. The minimum absolute atomic E-state index is 0.105. The highest BCUT2D eigenvalue weighted by atomic mass is 35.5. The van der Waals surface area contributed by atoms with Gasteiger partial charge in [-0.15, -0.1) is 11.6 Å². The van der Waals surface area contributed by atoms with Gasteiger partial charge >= 0.3 is 5.97 Å². The third-order valence-electron chi connectivity index (χ3n) is 7.77. The zero-order chi connectivity index (χ0) is 21.6. The third-order valence-corrected chi connectivity index (χ3v) is 8.31. The van der Waals surface area contributed by atoms with E-state index in [1.807, 2.05) is 0 Å². The number of benzene rings is 1. The van der Waals surface area contributed by atoms with Gasteiger partial charge in [-0.3, -0.25) is 4.79 Å². The number of rotatable bonds is 12. The van der Waals surface area contributed by atoms with E-state index in [-0.39, 0.29) is 23.3 Å². The predicted octanol–water partition coefficient (Wildman–Crippen LogP) is 7.22. The van der Waals surface area contributed by atoms with Crippen LogP contribution in [0.1, 0.15) is 114 Å². The van der Waals surface area contributed by atoms with Crippen LogP contribution in [0.2, 0.25) is 0 Å². The van der Waals surface area contributed by atoms with E-state index in [4.69, 9.17) is 16.7 Å². The first-order valence-electron chi connectivity index (χ1n) is 12.1.